The largest absolute Gasteiger partial charge is 0.399 e. The predicted octanol–water partition coefficient (Wildman–Crippen LogP) is 3.48. The average Bonchev–Trinajstić information content (AvgIpc) is 2.30. The summed E-state index contributed by atoms with van der Waals surface area (Å²) in [6.07, 6.45) is 0. The number of nitrogens with two attached hydrogens (primary N) is 1. The Bertz CT molecular complexity index is 784. The van der Waals surface area contributed by atoms with E-state index in [9.17, 15) is 12.8 Å². The molecule has 0 fully saturated rings. The SMILES string of the molecule is Cc1cc(N)cc(C)c1S(=O)(=O)Nc1ccc(F)cc1Cl. The van der Waals surface area contributed by atoms with Gasteiger partial charge >= 0.3 is 0 Å². The Hall–Kier alpha value is -1.79. The van der Waals surface area contributed by atoms with Gasteiger partial charge in [0.25, 0.3) is 10.0 Å². The molecule has 0 atom stereocenters. The molecule has 21 heavy (non-hydrogen) atoms. The Morgan fingerprint density at radius 1 is 1.14 bits per heavy atom. The van der Waals surface area contributed by atoms with Gasteiger partial charge in [0, 0.05) is 5.69 Å². The van der Waals surface area contributed by atoms with Gasteiger partial charge < -0.3 is 5.73 Å². The summed E-state index contributed by atoms with van der Waals surface area (Å²) in [5.41, 5.74) is 7.35. The standard InChI is InChI=1S/C14H14ClFN2O2S/c1-8-5-11(17)6-9(2)14(8)21(19,20)18-13-4-3-10(16)7-12(13)15/h3-7,18H,17H2,1-2H3. The van der Waals surface area contributed by atoms with Crippen LogP contribution in [0.15, 0.2) is 35.2 Å². The van der Waals surface area contributed by atoms with Crippen LogP contribution in [0.2, 0.25) is 5.02 Å². The van der Waals surface area contributed by atoms with E-state index in [4.69, 9.17) is 17.3 Å². The minimum atomic E-state index is -3.84. The highest BCUT2D eigenvalue weighted by Gasteiger charge is 2.21. The van der Waals surface area contributed by atoms with Crippen LogP contribution < -0.4 is 10.5 Å². The monoisotopic (exact) mass is 328 g/mol. The lowest BCUT2D eigenvalue weighted by molar-refractivity contribution is 0.600. The van der Waals surface area contributed by atoms with Gasteiger partial charge in [-0.3, -0.25) is 4.72 Å². The molecule has 0 saturated carbocycles. The minimum Gasteiger partial charge on any atom is -0.399 e. The number of sulfonamides is 1. The van der Waals surface area contributed by atoms with Crippen LogP contribution in [0.25, 0.3) is 0 Å². The van der Waals surface area contributed by atoms with Crippen LogP contribution in [-0.2, 0) is 10.0 Å². The lowest BCUT2D eigenvalue weighted by Crippen LogP contribution is -2.16. The molecule has 0 spiro atoms. The van der Waals surface area contributed by atoms with Crippen molar-refractivity contribution in [2.75, 3.05) is 10.5 Å². The van der Waals surface area contributed by atoms with Crippen molar-refractivity contribution in [1.29, 1.82) is 0 Å². The predicted molar refractivity (Wildman–Crippen MR) is 82.5 cm³/mol. The van der Waals surface area contributed by atoms with Gasteiger partial charge in [-0.1, -0.05) is 11.6 Å². The zero-order valence-electron chi connectivity index (χ0n) is 11.4. The maximum Gasteiger partial charge on any atom is 0.262 e. The summed E-state index contributed by atoms with van der Waals surface area (Å²) in [5, 5.41) is -0.00988. The Labute approximate surface area is 127 Å². The van der Waals surface area contributed by atoms with Crippen LogP contribution in [0, 0.1) is 19.7 Å². The van der Waals surface area contributed by atoms with Crippen molar-refractivity contribution in [2.45, 2.75) is 18.7 Å². The molecule has 0 radical (unpaired) electrons. The summed E-state index contributed by atoms with van der Waals surface area (Å²) in [4.78, 5) is 0.136. The third kappa shape index (κ3) is 3.28. The van der Waals surface area contributed by atoms with Crippen molar-refractivity contribution in [3.63, 3.8) is 0 Å². The van der Waals surface area contributed by atoms with Crippen LogP contribution in [0.1, 0.15) is 11.1 Å². The van der Waals surface area contributed by atoms with E-state index in [2.05, 4.69) is 4.72 Å². The maximum absolute atomic E-state index is 13.0. The molecule has 2 aromatic carbocycles. The van der Waals surface area contributed by atoms with Gasteiger partial charge in [-0.15, -0.1) is 0 Å². The van der Waals surface area contributed by atoms with E-state index in [1.165, 1.54) is 6.07 Å². The number of anilines is 2. The number of hydrogen-bond donors (Lipinski definition) is 2. The zero-order chi connectivity index (χ0) is 15.8. The molecule has 0 bridgehead atoms. The topological polar surface area (TPSA) is 72.2 Å². The van der Waals surface area contributed by atoms with E-state index in [0.29, 0.717) is 16.8 Å². The molecule has 0 unspecified atom stereocenters. The first kappa shape index (κ1) is 15.6. The number of rotatable bonds is 3. The molecule has 0 aliphatic carbocycles. The van der Waals surface area contributed by atoms with E-state index >= 15 is 0 Å². The molecule has 2 rings (SSSR count). The second kappa shape index (κ2) is 5.54. The van der Waals surface area contributed by atoms with Crippen LogP contribution in [0.3, 0.4) is 0 Å². The summed E-state index contributed by atoms with van der Waals surface area (Å²) < 4.78 is 40.3. The summed E-state index contributed by atoms with van der Waals surface area (Å²) in [7, 11) is -3.84. The smallest absolute Gasteiger partial charge is 0.262 e. The summed E-state index contributed by atoms with van der Waals surface area (Å²) in [5.74, 6) is -0.539. The quantitative estimate of drug-likeness (QED) is 0.847. The molecule has 0 amide bonds. The Morgan fingerprint density at radius 3 is 2.24 bits per heavy atom. The number of nitrogen functional groups attached to an aromatic ring is 1. The van der Waals surface area contributed by atoms with Crippen molar-refractivity contribution in [3.8, 4) is 0 Å². The Kier molecular flexibility index (Phi) is 4.11. The third-order valence-electron chi connectivity index (χ3n) is 2.93. The highest BCUT2D eigenvalue weighted by atomic mass is 35.5. The molecule has 0 heterocycles. The van der Waals surface area contributed by atoms with Crippen molar-refractivity contribution in [2.24, 2.45) is 0 Å². The van der Waals surface area contributed by atoms with Gasteiger partial charge in [0.1, 0.15) is 5.82 Å². The van der Waals surface area contributed by atoms with Crippen molar-refractivity contribution >= 4 is 33.0 Å². The Balaban J connectivity index is 2.48. The molecule has 3 N–H and O–H groups in total. The molecule has 0 aliphatic rings. The van der Waals surface area contributed by atoms with Gasteiger partial charge in [0.05, 0.1) is 15.6 Å². The molecule has 0 aromatic heterocycles. The van der Waals surface area contributed by atoms with Gasteiger partial charge in [0.15, 0.2) is 0 Å². The van der Waals surface area contributed by atoms with Crippen molar-refractivity contribution < 1.29 is 12.8 Å². The highest BCUT2D eigenvalue weighted by Crippen LogP contribution is 2.28. The molecule has 7 heteroatoms. The zero-order valence-corrected chi connectivity index (χ0v) is 13.0. The van der Waals surface area contributed by atoms with Crippen LogP contribution in [0.4, 0.5) is 15.8 Å². The molecule has 0 aliphatic heterocycles. The fraction of sp³-hybridized carbons (Fsp3) is 0.143. The van der Waals surface area contributed by atoms with Gasteiger partial charge in [-0.25, -0.2) is 12.8 Å². The van der Waals surface area contributed by atoms with Gasteiger partial charge in [-0.05, 0) is 55.3 Å². The second-order valence-electron chi connectivity index (χ2n) is 4.71. The summed E-state index contributed by atoms with van der Waals surface area (Å²) >= 11 is 5.84. The highest BCUT2D eigenvalue weighted by molar-refractivity contribution is 7.92. The molecular formula is C14H14ClFN2O2S. The fourth-order valence-corrected chi connectivity index (χ4v) is 3.98. The molecular weight excluding hydrogens is 315 g/mol. The number of benzene rings is 2. The molecule has 0 saturated heterocycles. The molecule has 4 nitrogen and oxygen atoms in total. The lowest BCUT2D eigenvalue weighted by atomic mass is 10.1. The average molecular weight is 329 g/mol. The fourth-order valence-electron chi connectivity index (χ4n) is 2.18. The van der Waals surface area contributed by atoms with Crippen molar-refractivity contribution in [3.05, 3.63) is 52.3 Å². The van der Waals surface area contributed by atoms with E-state index < -0.39 is 15.8 Å². The Morgan fingerprint density at radius 2 is 1.71 bits per heavy atom. The van der Waals surface area contributed by atoms with Crippen LogP contribution in [-0.4, -0.2) is 8.42 Å². The third-order valence-corrected chi connectivity index (χ3v) is 4.91. The van der Waals surface area contributed by atoms with E-state index in [-0.39, 0.29) is 15.6 Å². The molecule has 112 valence electrons. The number of nitrogens with one attached hydrogen (secondary N) is 1. The lowest BCUT2D eigenvalue weighted by Gasteiger charge is -2.14. The molecule has 2 aromatic rings. The summed E-state index contributed by atoms with van der Waals surface area (Å²) in [6, 6.07) is 6.60. The van der Waals surface area contributed by atoms with E-state index in [1.807, 2.05) is 0 Å². The second-order valence-corrected chi connectivity index (χ2v) is 6.74. The number of halogens is 2. The van der Waals surface area contributed by atoms with E-state index in [1.54, 1.807) is 26.0 Å². The van der Waals surface area contributed by atoms with Crippen molar-refractivity contribution in [1.82, 2.24) is 0 Å². The van der Waals surface area contributed by atoms with Gasteiger partial charge in [-0.2, -0.15) is 0 Å². The first-order valence-corrected chi connectivity index (χ1v) is 7.91. The maximum atomic E-state index is 13.0. The summed E-state index contributed by atoms with van der Waals surface area (Å²) in [6.45, 7) is 3.31. The minimum absolute atomic E-state index is 0.00988. The van der Waals surface area contributed by atoms with Crippen LogP contribution >= 0.6 is 11.6 Å². The number of aryl methyl sites for hydroxylation is 2. The van der Waals surface area contributed by atoms with Crippen LogP contribution in [0.5, 0.6) is 0 Å². The van der Waals surface area contributed by atoms with E-state index in [0.717, 1.165) is 12.1 Å². The first-order valence-electron chi connectivity index (χ1n) is 6.05. The first-order chi connectivity index (χ1) is 9.70. The van der Waals surface area contributed by atoms with Gasteiger partial charge in [0.2, 0.25) is 0 Å². The number of hydrogen-bond acceptors (Lipinski definition) is 3. The normalized spacial score (nSPS) is 11.4.